The lowest BCUT2D eigenvalue weighted by atomic mass is 9.78. The zero-order chi connectivity index (χ0) is 21.4. The predicted molar refractivity (Wildman–Crippen MR) is 115 cm³/mol. The smallest absolute Gasteiger partial charge is 0.261 e. The molecule has 2 aromatic carbocycles. The minimum Gasteiger partial charge on any atom is -0.493 e. The number of carbonyl (C=O) groups is 3. The van der Waals surface area contributed by atoms with Crippen LogP contribution in [-0.2, 0) is 4.79 Å². The predicted octanol–water partition coefficient (Wildman–Crippen LogP) is 3.73. The molecule has 0 radical (unpaired) electrons. The summed E-state index contributed by atoms with van der Waals surface area (Å²) in [6.07, 6.45) is 4.36. The Morgan fingerprint density at radius 3 is 2.39 bits per heavy atom. The van der Waals surface area contributed by atoms with Crippen LogP contribution in [-0.4, -0.2) is 35.8 Å². The van der Waals surface area contributed by atoms with Crippen LogP contribution in [0.15, 0.2) is 48.5 Å². The van der Waals surface area contributed by atoms with Gasteiger partial charge < -0.3 is 10.1 Å². The number of imide groups is 1. The van der Waals surface area contributed by atoms with Gasteiger partial charge in [-0.3, -0.25) is 19.3 Å². The van der Waals surface area contributed by atoms with Crippen LogP contribution in [0.25, 0.3) is 0 Å². The van der Waals surface area contributed by atoms with Crippen LogP contribution in [0.2, 0.25) is 0 Å². The number of ether oxygens (including phenoxy) is 1. The van der Waals surface area contributed by atoms with E-state index in [2.05, 4.69) is 5.32 Å². The van der Waals surface area contributed by atoms with Crippen LogP contribution in [0, 0.1) is 11.8 Å². The maximum Gasteiger partial charge on any atom is 0.261 e. The molecule has 1 saturated carbocycles. The van der Waals surface area contributed by atoms with Crippen molar-refractivity contribution >= 4 is 17.7 Å². The van der Waals surface area contributed by atoms with Gasteiger partial charge in [0.2, 0.25) is 5.91 Å². The average Bonchev–Trinajstić information content (AvgIpc) is 3.05. The number of nitrogens with one attached hydrogen (secondary N) is 1. The van der Waals surface area contributed by atoms with Crippen LogP contribution < -0.4 is 10.1 Å². The summed E-state index contributed by atoms with van der Waals surface area (Å²) in [6.45, 7) is 0.875. The number of rotatable bonds is 4. The van der Waals surface area contributed by atoms with Crippen molar-refractivity contribution in [3.05, 3.63) is 65.2 Å². The van der Waals surface area contributed by atoms with Crippen molar-refractivity contribution < 1.29 is 19.1 Å². The largest absolute Gasteiger partial charge is 0.493 e. The van der Waals surface area contributed by atoms with Crippen molar-refractivity contribution in [2.24, 2.45) is 11.8 Å². The second kappa shape index (κ2) is 8.17. The highest BCUT2D eigenvalue weighted by molar-refractivity contribution is 6.21. The number of amides is 3. The van der Waals surface area contributed by atoms with E-state index in [0.29, 0.717) is 24.3 Å². The Kier molecular flexibility index (Phi) is 5.22. The van der Waals surface area contributed by atoms with E-state index in [9.17, 15) is 14.4 Å². The molecule has 3 aliphatic rings. The molecule has 3 atom stereocenters. The van der Waals surface area contributed by atoms with Gasteiger partial charge in [0.1, 0.15) is 5.75 Å². The molecule has 2 aromatic rings. The van der Waals surface area contributed by atoms with Gasteiger partial charge in [-0.15, -0.1) is 0 Å². The molecular weight excluding hydrogens is 392 g/mol. The van der Waals surface area contributed by atoms with Crippen molar-refractivity contribution in [1.82, 2.24) is 10.2 Å². The molecule has 160 valence electrons. The molecule has 6 heteroatoms. The summed E-state index contributed by atoms with van der Waals surface area (Å²) in [5.41, 5.74) is 1.93. The normalized spacial score (nSPS) is 24.9. The van der Waals surface area contributed by atoms with Gasteiger partial charge >= 0.3 is 0 Å². The Balaban J connectivity index is 1.31. The molecule has 1 N–H and O–H groups in total. The van der Waals surface area contributed by atoms with E-state index in [1.54, 1.807) is 24.3 Å². The fraction of sp³-hybridized carbons (Fsp3) is 0.400. The first-order valence-corrected chi connectivity index (χ1v) is 11.1. The molecule has 0 bridgehead atoms. The van der Waals surface area contributed by atoms with E-state index in [-0.39, 0.29) is 35.6 Å². The number of hydrogen-bond acceptors (Lipinski definition) is 4. The highest BCUT2D eigenvalue weighted by Crippen LogP contribution is 2.36. The van der Waals surface area contributed by atoms with Crippen molar-refractivity contribution in [2.75, 3.05) is 13.2 Å². The standard InChI is InChI=1S/C25H26N2O4/c28-23(26-21-13-14-31-22-12-6-5-11-20(21)22)17-8-2-1-7-16(17)15-27-24(29)18-9-3-4-10-19(18)25(27)30/h3-6,9-12,16-17,21H,1-2,7-8,13-15H2,(H,26,28). The van der Waals surface area contributed by atoms with Gasteiger partial charge in [0.15, 0.2) is 0 Å². The lowest BCUT2D eigenvalue weighted by Gasteiger charge is -2.34. The number of fused-ring (bicyclic) bond motifs is 2. The summed E-state index contributed by atoms with van der Waals surface area (Å²) in [6, 6.07) is 14.7. The van der Waals surface area contributed by atoms with E-state index in [1.807, 2.05) is 24.3 Å². The van der Waals surface area contributed by atoms with Gasteiger partial charge in [-0.05, 0) is 37.0 Å². The van der Waals surface area contributed by atoms with Crippen molar-refractivity contribution in [1.29, 1.82) is 0 Å². The van der Waals surface area contributed by atoms with Crippen LogP contribution >= 0.6 is 0 Å². The van der Waals surface area contributed by atoms with Crippen molar-refractivity contribution in [3.63, 3.8) is 0 Å². The summed E-state index contributed by atoms with van der Waals surface area (Å²) in [7, 11) is 0. The molecule has 6 nitrogen and oxygen atoms in total. The molecule has 0 saturated heterocycles. The van der Waals surface area contributed by atoms with Crippen LogP contribution in [0.5, 0.6) is 5.75 Å². The Morgan fingerprint density at radius 2 is 1.61 bits per heavy atom. The number of benzene rings is 2. The van der Waals surface area contributed by atoms with Gasteiger partial charge in [0, 0.05) is 24.4 Å². The van der Waals surface area contributed by atoms with Crippen LogP contribution in [0.1, 0.15) is 64.4 Å². The molecule has 2 aliphatic heterocycles. The van der Waals surface area contributed by atoms with Gasteiger partial charge in [-0.25, -0.2) is 0 Å². The molecule has 0 spiro atoms. The van der Waals surface area contributed by atoms with Gasteiger partial charge in [0.05, 0.1) is 23.8 Å². The summed E-state index contributed by atoms with van der Waals surface area (Å²) in [4.78, 5) is 40.2. The molecular formula is C25H26N2O4. The summed E-state index contributed by atoms with van der Waals surface area (Å²) in [5.74, 6) is 0.125. The van der Waals surface area contributed by atoms with Crippen molar-refractivity contribution in [3.8, 4) is 5.75 Å². The van der Waals surface area contributed by atoms with Crippen molar-refractivity contribution in [2.45, 2.75) is 38.1 Å². The zero-order valence-electron chi connectivity index (χ0n) is 17.4. The maximum atomic E-state index is 13.3. The fourth-order valence-electron chi connectivity index (χ4n) is 5.18. The Bertz CT molecular complexity index is 999. The molecule has 5 rings (SSSR count). The molecule has 3 unspecified atom stereocenters. The number of hydrogen-bond donors (Lipinski definition) is 1. The SMILES string of the molecule is O=C(NC1CCOc2ccccc21)C1CCCCC1CN1C(=O)c2ccccc2C1=O. The number of carbonyl (C=O) groups excluding carboxylic acids is 3. The second-order valence-corrected chi connectivity index (χ2v) is 8.65. The minimum atomic E-state index is -0.247. The highest BCUT2D eigenvalue weighted by atomic mass is 16.5. The lowest BCUT2D eigenvalue weighted by molar-refractivity contribution is -0.129. The first-order valence-electron chi connectivity index (χ1n) is 11.1. The van der Waals surface area contributed by atoms with E-state index in [0.717, 1.165) is 43.4 Å². The molecule has 1 aliphatic carbocycles. The number of para-hydroxylation sites is 1. The Hall–Kier alpha value is -3.15. The van der Waals surface area contributed by atoms with E-state index in [1.165, 1.54) is 4.90 Å². The van der Waals surface area contributed by atoms with E-state index in [4.69, 9.17) is 4.74 Å². The highest BCUT2D eigenvalue weighted by Gasteiger charge is 2.40. The first-order chi connectivity index (χ1) is 15.1. The van der Waals surface area contributed by atoms with Gasteiger partial charge in [-0.1, -0.05) is 43.2 Å². The average molecular weight is 418 g/mol. The summed E-state index contributed by atoms with van der Waals surface area (Å²) in [5, 5.41) is 3.23. The molecule has 1 fully saturated rings. The quantitative estimate of drug-likeness (QED) is 0.768. The maximum absolute atomic E-state index is 13.3. The Morgan fingerprint density at radius 1 is 0.935 bits per heavy atom. The molecule has 0 aromatic heterocycles. The number of nitrogens with zero attached hydrogens (tertiary/aromatic N) is 1. The first kappa shape index (κ1) is 19.8. The zero-order valence-corrected chi connectivity index (χ0v) is 17.4. The van der Waals surface area contributed by atoms with Crippen LogP contribution in [0.4, 0.5) is 0 Å². The molecule has 3 amide bonds. The lowest BCUT2D eigenvalue weighted by Crippen LogP contribution is -2.44. The molecule has 2 heterocycles. The third-order valence-electron chi connectivity index (χ3n) is 6.82. The van der Waals surface area contributed by atoms with E-state index < -0.39 is 0 Å². The third-order valence-corrected chi connectivity index (χ3v) is 6.82. The van der Waals surface area contributed by atoms with Gasteiger partial charge in [-0.2, -0.15) is 0 Å². The minimum absolute atomic E-state index is 0.0167. The van der Waals surface area contributed by atoms with E-state index >= 15 is 0 Å². The summed E-state index contributed by atoms with van der Waals surface area (Å²) >= 11 is 0. The third kappa shape index (κ3) is 3.60. The Labute approximate surface area is 181 Å². The monoisotopic (exact) mass is 418 g/mol. The molecule has 31 heavy (non-hydrogen) atoms. The topological polar surface area (TPSA) is 75.7 Å². The summed E-state index contributed by atoms with van der Waals surface area (Å²) < 4.78 is 5.71. The fourth-order valence-corrected chi connectivity index (χ4v) is 5.18. The van der Waals surface area contributed by atoms with Gasteiger partial charge in [0.25, 0.3) is 11.8 Å². The second-order valence-electron chi connectivity index (χ2n) is 8.65. The van der Waals surface area contributed by atoms with Crippen LogP contribution in [0.3, 0.4) is 0 Å².